The van der Waals surface area contributed by atoms with E-state index in [2.05, 4.69) is 4.72 Å². The molecule has 0 radical (unpaired) electrons. The van der Waals surface area contributed by atoms with Gasteiger partial charge in [0.25, 0.3) is 0 Å². The van der Waals surface area contributed by atoms with Gasteiger partial charge in [-0.1, -0.05) is 13.8 Å². The molecule has 1 aromatic rings. The van der Waals surface area contributed by atoms with Crippen molar-refractivity contribution in [1.82, 2.24) is 4.72 Å². The summed E-state index contributed by atoms with van der Waals surface area (Å²) < 4.78 is 37.6. The Morgan fingerprint density at radius 1 is 1.32 bits per heavy atom. The van der Waals surface area contributed by atoms with Crippen LogP contribution in [0.3, 0.4) is 0 Å². The summed E-state index contributed by atoms with van der Waals surface area (Å²) in [5, 5.41) is 9.18. The summed E-state index contributed by atoms with van der Waals surface area (Å²) in [6, 6.07) is 1.75. The lowest BCUT2D eigenvalue weighted by molar-refractivity contribution is -0.139. The molecule has 22 heavy (non-hydrogen) atoms. The van der Waals surface area contributed by atoms with E-state index in [0.717, 1.165) is 0 Å². The minimum Gasteiger partial charge on any atom is -0.480 e. The topological polar surface area (TPSA) is 102 Å². The summed E-state index contributed by atoms with van der Waals surface area (Å²) in [6.45, 7) is 5.32. The fraction of sp³-hybridized carbons (Fsp3) is 0.500. The maximum Gasteiger partial charge on any atom is 0.321 e. The first-order chi connectivity index (χ1) is 10.2. The minimum absolute atomic E-state index is 0.00763. The highest BCUT2D eigenvalue weighted by molar-refractivity contribution is 7.89. The standard InChI is InChI=1S/C14H19NO6S/c1-8(2)4-10(14(16)17)15-22(18,19)13-6-12-11(5-9(13)3)20-7-21-12/h5-6,8,10,15H,4,7H2,1-3H3,(H,16,17)/t10-/m0/s1. The minimum atomic E-state index is -3.97. The smallest absolute Gasteiger partial charge is 0.321 e. The maximum atomic E-state index is 12.5. The van der Waals surface area contributed by atoms with Crippen molar-refractivity contribution in [3.05, 3.63) is 17.7 Å². The monoisotopic (exact) mass is 329 g/mol. The van der Waals surface area contributed by atoms with Crippen LogP contribution in [-0.4, -0.2) is 32.3 Å². The lowest BCUT2D eigenvalue weighted by Crippen LogP contribution is -2.41. The number of hydrogen-bond donors (Lipinski definition) is 2. The van der Waals surface area contributed by atoms with Crippen LogP contribution in [0.1, 0.15) is 25.8 Å². The van der Waals surface area contributed by atoms with E-state index in [1.165, 1.54) is 6.07 Å². The Labute approximate surface area is 129 Å². The molecule has 0 amide bonds. The fourth-order valence-corrected chi connectivity index (χ4v) is 3.68. The molecule has 1 atom stereocenters. The number of carboxylic acids is 1. The number of benzene rings is 1. The molecule has 0 saturated carbocycles. The predicted molar refractivity (Wildman–Crippen MR) is 78.5 cm³/mol. The quantitative estimate of drug-likeness (QED) is 0.820. The van der Waals surface area contributed by atoms with Gasteiger partial charge in [0, 0.05) is 6.07 Å². The van der Waals surface area contributed by atoms with Crippen molar-refractivity contribution in [2.75, 3.05) is 6.79 Å². The van der Waals surface area contributed by atoms with Gasteiger partial charge in [0.15, 0.2) is 11.5 Å². The average Bonchev–Trinajstić information content (AvgIpc) is 2.82. The number of ether oxygens (including phenoxy) is 2. The second-order valence-corrected chi connectivity index (χ2v) is 7.30. The third-order valence-electron chi connectivity index (χ3n) is 3.26. The van der Waals surface area contributed by atoms with E-state index in [0.29, 0.717) is 17.1 Å². The second kappa shape index (κ2) is 6.13. The first-order valence-corrected chi connectivity index (χ1v) is 8.34. The van der Waals surface area contributed by atoms with Crippen LogP contribution in [-0.2, 0) is 14.8 Å². The number of carboxylic acid groups (broad SMARTS) is 1. The Morgan fingerprint density at radius 2 is 1.91 bits per heavy atom. The fourth-order valence-electron chi connectivity index (χ4n) is 2.24. The van der Waals surface area contributed by atoms with Gasteiger partial charge in [-0.2, -0.15) is 4.72 Å². The van der Waals surface area contributed by atoms with Gasteiger partial charge in [0.05, 0.1) is 4.90 Å². The highest BCUT2D eigenvalue weighted by Gasteiger charge is 2.29. The van der Waals surface area contributed by atoms with Gasteiger partial charge in [-0.25, -0.2) is 8.42 Å². The average molecular weight is 329 g/mol. The van der Waals surface area contributed by atoms with Crippen molar-refractivity contribution in [3.63, 3.8) is 0 Å². The van der Waals surface area contributed by atoms with Crippen LogP contribution in [0.5, 0.6) is 11.5 Å². The highest BCUT2D eigenvalue weighted by atomic mass is 32.2. The molecular formula is C14H19NO6S. The zero-order valence-corrected chi connectivity index (χ0v) is 13.4. The lowest BCUT2D eigenvalue weighted by atomic mass is 10.1. The number of aliphatic carboxylic acids is 1. The Balaban J connectivity index is 2.32. The Bertz CT molecular complexity index is 683. The Hall–Kier alpha value is -1.80. The van der Waals surface area contributed by atoms with Crippen LogP contribution >= 0.6 is 0 Å². The van der Waals surface area contributed by atoms with E-state index < -0.39 is 22.0 Å². The number of nitrogens with one attached hydrogen (secondary N) is 1. The molecule has 0 saturated heterocycles. The van der Waals surface area contributed by atoms with Crippen molar-refractivity contribution in [1.29, 1.82) is 0 Å². The molecular weight excluding hydrogens is 310 g/mol. The Morgan fingerprint density at radius 3 is 2.45 bits per heavy atom. The predicted octanol–water partition coefficient (Wildman–Crippen LogP) is 1.50. The van der Waals surface area contributed by atoms with Crippen molar-refractivity contribution >= 4 is 16.0 Å². The first-order valence-electron chi connectivity index (χ1n) is 6.86. The number of fused-ring (bicyclic) bond motifs is 1. The van der Waals surface area contributed by atoms with Crippen LogP contribution in [0.25, 0.3) is 0 Å². The van der Waals surface area contributed by atoms with E-state index in [9.17, 15) is 18.3 Å². The normalized spacial score (nSPS) is 15.1. The van der Waals surface area contributed by atoms with Gasteiger partial charge < -0.3 is 14.6 Å². The molecule has 2 N–H and O–H groups in total. The molecule has 1 aliphatic rings. The van der Waals surface area contributed by atoms with Crippen LogP contribution in [0, 0.1) is 12.8 Å². The first kappa shape index (κ1) is 16.6. The molecule has 0 aromatic heterocycles. The summed E-state index contributed by atoms with van der Waals surface area (Å²) >= 11 is 0. The second-order valence-electron chi connectivity index (χ2n) is 5.61. The number of hydrogen-bond acceptors (Lipinski definition) is 5. The number of aryl methyl sites for hydroxylation is 1. The number of rotatable bonds is 6. The van der Waals surface area contributed by atoms with Crippen molar-refractivity contribution in [2.24, 2.45) is 5.92 Å². The Kier molecular flexibility index (Phi) is 4.62. The summed E-state index contributed by atoms with van der Waals surface area (Å²) in [6.07, 6.45) is 0.207. The van der Waals surface area contributed by atoms with Gasteiger partial charge in [0.1, 0.15) is 6.04 Å². The molecule has 8 heteroatoms. The molecule has 2 rings (SSSR count). The third-order valence-corrected chi connectivity index (χ3v) is 4.88. The summed E-state index contributed by atoms with van der Waals surface area (Å²) in [4.78, 5) is 11.2. The van der Waals surface area contributed by atoms with Gasteiger partial charge in [-0.15, -0.1) is 0 Å². The number of carbonyl (C=O) groups is 1. The van der Waals surface area contributed by atoms with Crippen LogP contribution in [0.2, 0.25) is 0 Å². The van der Waals surface area contributed by atoms with Crippen molar-refractivity contribution in [3.8, 4) is 11.5 Å². The SMILES string of the molecule is Cc1cc2c(cc1S(=O)(=O)N[C@@H](CC(C)C)C(=O)O)OCO2. The van der Waals surface area contributed by atoms with E-state index in [1.807, 2.05) is 13.8 Å². The summed E-state index contributed by atoms with van der Waals surface area (Å²) in [7, 11) is -3.97. The largest absolute Gasteiger partial charge is 0.480 e. The van der Waals surface area contributed by atoms with Gasteiger partial charge >= 0.3 is 5.97 Å². The molecule has 7 nitrogen and oxygen atoms in total. The van der Waals surface area contributed by atoms with E-state index in [1.54, 1.807) is 13.0 Å². The molecule has 1 aromatic carbocycles. The van der Waals surface area contributed by atoms with E-state index in [4.69, 9.17) is 9.47 Å². The van der Waals surface area contributed by atoms with Crippen molar-refractivity contribution in [2.45, 2.75) is 38.1 Å². The van der Waals surface area contributed by atoms with Crippen LogP contribution in [0.4, 0.5) is 0 Å². The maximum absolute atomic E-state index is 12.5. The van der Waals surface area contributed by atoms with Crippen molar-refractivity contribution < 1.29 is 27.8 Å². The molecule has 0 fully saturated rings. The van der Waals surface area contributed by atoms with E-state index in [-0.39, 0.29) is 24.0 Å². The molecule has 0 spiro atoms. The lowest BCUT2D eigenvalue weighted by Gasteiger charge is -2.17. The molecule has 122 valence electrons. The van der Waals surface area contributed by atoms with Crippen LogP contribution in [0.15, 0.2) is 17.0 Å². The van der Waals surface area contributed by atoms with Gasteiger partial charge in [0.2, 0.25) is 16.8 Å². The van der Waals surface area contributed by atoms with Gasteiger partial charge in [-0.3, -0.25) is 4.79 Å². The van der Waals surface area contributed by atoms with Crippen LogP contribution < -0.4 is 14.2 Å². The molecule has 0 bridgehead atoms. The zero-order chi connectivity index (χ0) is 16.5. The highest BCUT2D eigenvalue weighted by Crippen LogP contribution is 2.36. The zero-order valence-electron chi connectivity index (χ0n) is 12.6. The summed E-state index contributed by atoms with van der Waals surface area (Å²) in [5.41, 5.74) is 0.463. The molecule has 0 unspecified atom stereocenters. The summed E-state index contributed by atoms with van der Waals surface area (Å²) in [5.74, 6) is -0.340. The van der Waals surface area contributed by atoms with Gasteiger partial charge in [-0.05, 0) is 30.9 Å². The third kappa shape index (κ3) is 3.50. The molecule has 0 aliphatic carbocycles. The molecule has 1 heterocycles. The van der Waals surface area contributed by atoms with E-state index >= 15 is 0 Å². The molecule has 1 aliphatic heterocycles. The number of sulfonamides is 1.